The van der Waals surface area contributed by atoms with Crippen LogP contribution in [-0.2, 0) is 9.47 Å². The van der Waals surface area contributed by atoms with Crippen molar-refractivity contribution in [3.05, 3.63) is 12.0 Å². The van der Waals surface area contributed by atoms with Crippen LogP contribution in [0, 0.1) is 11.3 Å². The summed E-state index contributed by atoms with van der Waals surface area (Å²) >= 11 is 0. The van der Waals surface area contributed by atoms with Gasteiger partial charge in [-0.15, -0.1) is 0 Å². The highest BCUT2D eigenvalue weighted by Gasteiger charge is 2.79. The Bertz CT molecular complexity index is 365. The molecule has 90 valence electrons. The monoisotopic (exact) mass is 251 g/mol. The van der Waals surface area contributed by atoms with E-state index in [1.807, 2.05) is 0 Å². The minimum absolute atomic E-state index is 0.0916. The Morgan fingerprint density at radius 2 is 1.38 bits per heavy atom. The van der Waals surface area contributed by atoms with Crippen LogP contribution in [0.15, 0.2) is 12.0 Å². The SMILES string of the molecule is N#CC(F)(F)C1(C(F)(F)F)OC(F)=C(F)O1. The number of halogens is 7. The summed E-state index contributed by atoms with van der Waals surface area (Å²) < 4.78 is 92.4. The highest BCUT2D eigenvalue weighted by Crippen LogP contribution is 2.51. The molecule has 0 aromatic carbocycles. The van der Waals surface area contributed by atoms with Crippen LogP contribution in [0.3, 0.4) is 0 Å². The first kappa shape index (κ1) is 12.4. The van der Waals surface area contributed by atoms with E-state index in [2.05, 4.69) is 9.47 Å². The van der Waals surface area contributed by atoms with Gasteiger partial charge in [0.1, 0.15) is 6.07 Å². The first-order valence-electron chi connectivity index (χ1n) is 3.36. The Morgan fingerprint density at radius 1 is 1.00 bits per heavy atom. The van der Waals surface area contributed by atoms with Gasteiger partial charge in [-0.25, -0.2) is 0 Å². The summed E-state index contributed by atoms with van der Waals surface area (Å²) in [5.74, 6) is -10.3. The molecule has 0 saturated heterocycles. The van der Waals surface area contributed by atoms with Crippen molar-refractivity contribution in [2.45, 2.75) is 17.9 Å². The Labute approximate surface area is 82.6 Å². The van der Waals surface area contributed by atoms with Crippen LogP contribution in [0.1, 0.15) is 0 Å². The summed E-state index contributed by atoms with van der Waals surface area (Å²) in [6, 6.07) is -5.30. The van der Waals surface area contributed by atoms with Gasteiger partial charge >= 0.3 is 29.9 Å². The molecule has 1 heterocycles. The van der Waals surface area contributed by atoms with Crippen molar-refractivity contribution in [1.29, 1.82) is 5.26 Å². The summed E-state index contributed by atoms with van der Waals surface area (Å²) in [7, 11) is 0. The van der Waals surface area contributed by atoms with Gasteiger partial charge in [-0.3, -0.25) is 0 Å². The maximum absolute atomic E-state index is 12.7. The summed E-state index contributed by atoms with van der Waals surface area (Å²) in [4.78, 5) is 0. The molecule has 0 aliphatic carbocycles. The lowest BCUT2D eigenvalue weighted by Gasteiger charge is -2.31. The largest absolute Gasteiger partial charge is 0.476 e. The molecule has 0 aromatic heterocycles. The van der Waals surface area contributed by atoms with Crippen molar-refractivity contribution < 1.29 is 40.2 Å². The Kier molecular flexibility index (Phi) is 2.45. The molecule has 1 aliphatic rings. The third-order valence-corrected chi connectivity index (χ3v) is 1.55. The van der Waals surface area contributed by atoms with Gasteiger partial charge in [0.2, 0.25) is 0 Å². The van der Waals surface area contributed by atoms with E-state index in [1.54, 1.807) is 0 Å². The van der Waals surface area contributed by atoms with Gasteiger partial charge in [-0.05, 0) is 0 Å². The van der Waals surface area contributed by atoms with Crippen molar-refractivity contribution >= 4 is 0 Å². The first-order chi connectivity index (χ1) is 7.07. The summed E-state index contributed by atoms with van der Waals surface area (Å²) in [5, 5.41) is 7.83. The van der Waals surface area contributed by atoms with E-state index in [0.717, 1.165) is 0 Å². The zero-order chi connectivity index (χ0) is 12.8. The van der Waals surface area contributed by atoms with Crippen LogP contribution in [0.2, 0.25) is 0 Å². The number of hydrogen-bond acceptors (Lipinski definition) is 3. The molecule has 0 aromatic rings. The van der Waals surface area contributed by atoms with Crippen molar-refractivity contribution in [2.24, 2.45) is 0 Å². The molecule has 0 bridgehead atoms. The van der Waals surface area contributed by atoms with E-state index < -0.39 is 29.9 Å². The second-order valence-corrected chi connectivity index (χ2v) is 2.55. The number of ether oxygens (including phenoxy) is 2. The van der Waals surface area contributed by atoms with Gasteiger partial charge in [0.25, 0.3) is 0 Å². The third kappa shape index (κ3) is 1.43. The van der Waals surface area contributed by atoms with Gasteiger partial charge in [-0.1, -0.05) is 0 Å². The maximum atomic E-state index is 12.7. The van der Waals surface area contributed by atoms with Crippen LogP contribution >= 0.6 is 0 Å². The van der Waals surface area contributed by atoms with E-state index in [4.69, 9.17) is 5.26 Å². The predicted molar refractivity (Wildman–Crippen MR) is 30.8 cm³/mol. The fraction of sp³-hybridized carbons (Fsp3) is 0.500. The highest BCUT2D eigenvalue weighted by atomic mass is 19.4. The molecule has 0 radical (unpaired) electrons. The van der Waals surface area contributed by atoms with Gasteiger partial charge in [0.15, 0.2) is 0 Å². The second-order valence-electron chi connectivity index (χ2n) is 2.55. The van der Waals surface area contributed by atoms with E-state index >= 15 is 0 Å². The Morgan fingerprint density at radius 3 is 1.62 bits per heavy atom. The number of nitriles is 1. The molecule has 0 N–H and O–H groups in total. The van der Waals surface area contributed by atoms with Crippen molar-refractivity contribution in [1.82, 2.24) is 0 Å². The quantitative estimate of drug-likeness (QED) is 0.672. The normalized spacial score (nSPS) is 20.1. The van der Waals surface area contributed by atoms with E-state index in [1.165, 1.54) is 0 Å². The summed E-state index contributed by atoms with van der Waals surface area (Å²) in [6.45, 7) is 0. The fourth-order valence-corrected chi connectivity index (χ4v) is 0.849. The molecule has 16 heavy (non-hydrogen) atoms. The predicted octanol–water partition coefficient (Wildman–Crippen LogP) is 2.52. The minimum atomic E-state index is -6.02. The lowest BCUT2D eigenvalue weighted by Crippen LogP contribution is -2.59. The second kappa shape index (κ2) is 3.16. The number of hydrogen-bond donors (Lipinski definition) is 0. The van der Waals surface area contributed by atoms with Crippen LogP contribution in [0.5, 0.6) is 0 Å². The molecule has 0 saturated carbocycles. The van der Waals surface area contributed by atoms with Gasteiger partial charge < -0.3 is 9.47 Å². The molecule has 0 unspecified atom stereocenters. The zero-order valence-electron chi connectivity index (χ0n) is 6.91. The summed E-state index contributed by atoms with van der Waals surface area (Å²) in [5.41, 5.74) is 0. The molecule has 10 heteroatoms. The zero-order valence-corrected chi connectivity index (χ0v) is 6.91. The topological polar surface area (TPSA) is 42.2 Å². The highest BCUT2D eigenvalue weighted by molar-refractivity contribution is 5.13. The molecule has 0 amide bonds. The van der Waals surface area contributed by atoms with Crippen LogP contribution in [0.25, 0.3) is 0 Å². The lowest BCUT2D eigenvalue weighted by molar-refractivity contribution is -0.400. The van der Waals surface area contributed by atoms with Gasteiger partial charge in [0.05, 0.1) is 0 Å². The standard InChI is InChI=1S/C6F7NO2/c7-2-3(8)16-5(15-2,6(11,12)13)4(9,10)1-14. The molecule has 0 spiro atoms. The van der Waals surface area contributed by atoms with E-state index in [0.29, 0.717) is 0 Å². The van der Waals surface area contributed by atoms with E-state index in [-0.39, 0.29) is 6.07 Å². The summed E-state index contributed by atoms with van der Waals surface area (Å²) in [6.07, 6.45) is -6.02. The Hall–Kier alpha value is -1.66. The molecular formula is C6F7NO2. The molecule has 3 nitrogen and oxygen atoms in total. The van der Waals surface area contributed by atoms with Crippen LogP contribution in [0.4, 0.5) is 30.7 Å². The molecule has 0 atom stereocenters. The molecule has 1 rings (SSSR count). The molecule has 1 aliphatic heterocycles. The lowest BCUT2D eigenvalue weighted by atomic mass is 10.1. The van der Waals surface area contributed by atoms with Crippen LogP contribution in [-0.4, -0.2) is 17.9 Å². The third-order valence-electron chi connectivity index (χ3n) is 1.55. The van der Waals surface area contributed by atoms with Gasteiger partial charge in [0, 0.05) is 0 Å². The van der Waals surface area contributed by atoms with Crippen molar-refractivity contribution in [3.8, 4) is 6.07 Å². The number of alkyl halides is 5. The average molecular weight is 251 g/mol. The average Bonchev–Trinajstić information content (AvgIpc) is 2.44. The number of nitrogens with zero attached hydrogens (tertiary/aromatic N) is 1. The van der Waals surface area contributed by atoms with Crippen LogP contribution < -0.4 is 0 Å². The maximum Gasteiger partial charge on any atom is 0.476 e. The van der Waals surface area contributed by atoms with Crippen molar-refractivity contribution in [2.75, 3.05) is 0 Å². The first-order valence-corrected chi connectivity index (χ1v) is 3.36. The van der Waals surface area contributed by atoms with E-state index in [9.17, 15) is 30.7 Å². The molecular weight excluding hydrogens is 251 g/mol. The smallest absolute Gasteiger partial charge is 0.409 e. The minimum Gasteiger partial charge on any atom is -0.409 e. The Balaban J connectivity index is 3.27. The number of rotatable bonds is 1. The van der Waals surface area contributed by atoms with Crippen molar-refractivity contribution in [3.63, 3.8) is 0 Å². The molecule has 0 fully saturated rings. The fourth-order valence-electron chi connectivity index (χ4n) is 0.849. The van der Waals surface area contributed by atoms with Gasteiger partial charge in [-0.2, -0.15) is 36.0 Å².